The molecule has 36 heavy (non-hydrogen) atoms. The SMILES string of the molecule is CS(=O)(=O)NC(=O)c1ccc(COc2cc(-c3ccc(OCC4CC4)nc3)cc(C(F)(F)F)c2)cc1. The number of hydrogen-bond donors (Lipinski definition) is 1. The molecule has 11 heteroatoms. The monoisotopic (exact) mass is 520 g/mol. The van der Waals surface area contributed by atoms with E-state index in [0.717, 1.165) is 31.2 Å². The molecule has 0 radical (unpaired) electrons. The first-order valence-corrected chi connectivity index (χ1v) is 12.9. The Morgan fingerprint density at radius 3 is 2.33 bits per heavy atom. The van der Waals surface area contributed by atoms with Crippen molar-refractivity contribution in [2.75, 3.05) is 12.9 Å². The van der Waals surface area contributed by atoms with Crippen molar-refractivity contribution in [3.8, 4) is 22.8 Å². The molecule has 2 aromatic carbocycles. The lowest BCUT2D eigenvalue weighted by Gasteiger charge is -2.14. The van der Waals surface area contributed by atoms with Gasteiger partial charge in [-0.3, -0.25) is 4.79 Å². The number of amides is 1. The van der Waals surface area contributed by atoms with E-state index in [1.807, 2.05) is 4.72 Å². The summed E-state index contributed by atoms with van der Waals surface area (Å²) in [6.07, 6.45) is 0.0105. The van der Waals surface area contributed by atoms with E-state index < -0.39 is 27.7 Å². The summed E-state index contributed by atoms with van der Waals surface area (Å²) in [5, 5.41) is 0. The van der Waals surface area contributed by atoms with Crippen molar-refractivity contribution in [1.29, 1.82) is 0 Å². The van der Waals surface area contributed by atoms with Gasteiger partial charge in [0.25, 0.3) is 5.91 Å². The number of benzene rings is 2. The fraction of sp³-hybridized carbons (Fsp3) is 0.280. The Balaban J connectivity index is 1.48. The number of carbonyl (C=O) groups is 1. The van der Waals surface area contributed by atoms with E-state index in [1.54, 1.807) is 12.1 Å². The van der Waals surface area contributed by atoms with Crippen LogP contribution in [0.5, 0.6) is 11.6 Å². The summed E-state index contributed by atoms with van der Waals surface area (Å²) in [5.74, 6) is 0.191. The minimum atomic E-state index is -4.58. The van der Waals surface area contributed by atoms with Crippen LogP contribution in [0.2, 0.25) is 0 Å². The summed E-state index contributed by atoms with van der Waals surface area (Å²) >= 11 is 0. The summed E-state index contributed by atoms with van der Waals surface area (Å²) in [7, 11) is -3.71. The maximum Gasteiger partial charge on any atom is 0.416 e. The first-order chi connectivity index (χ1) is 17.0. The van der Waals surface area contributed by atoms with Gasteiger partial charge in [0.1, 0.15) is 12.4 Å². The topological polar surface area (TPSA) is 94.6 Å². The molecule has 1 aromatic heterocycles. The second-order valence-electron chi connectivity index (χ2n) is 8.57. The number of alkyl halides is 3. The van der Waals surface area contributed by atoms with Gasteiger partial charge in [-0.15, -0.1) is 0 Å². The second kappa shape index (κ2) is 10.2. The molecule has 0 spiro atoms. The van der Waals surface area contributed by atoms with Crippen molar-refractivity contribution < 1.29 is 35.9 Å². The first kappa shape index (κ1) is 25.5. The van der Waals surface area contributed by atoms with Crippen molar-refractivity contribution in [2.24, 2.45) is 5.92 Å². The summed E-state index contributed by atoms with van der Waals surface area (Å²) < 4.78 is 76.1. The van der Waals surface area contributed by atoms with E-state index in [4.69, 9.17) is 9.47 Å². The molecule has 0 atom stereocenters. The molecule has 4 rings (SSSR count). The molecular weight excluding hydrogens is 497 g/mol. The largest absolute Gasteiger partial charge is 0.489 e. The molecule has 1 aliphatic carbocycles. The van der Waals surface area contributed by atoms with Gasteiger partial charge in [0.15, 0.2) is 0 Å². The zero-order valence-electron chi connectivity index (χ0n) is 19.2. The smallest absolute Gasteiger partial charge is 0.416 e. The van der Waals surface area contributed by atoms with Crippen LogP contribution in [0.25, 0.3) is 11.1 Å². The molecule has 1 heterocycles. The van der Waals surface area contributed by atoms with Crippen molar-refractivity contribution in [1.82, 2.24) is 9.71 Å². The van der Waals surface area contributed by atoms with E-state index in [9.17, 15) is 26.4 Å². The van der Waals surface area contributed by atoms with Gasteiger partial charge < -0.3 is 9.47 Å². The van der Waals surface area contributed by atoms with E-state index in [2.05, 4.69) is 4.98 Å². The van der Waals surface area contributed by atoms with E-state index in [1.165, 1.54) is 36.5 Å². The van der Waals surface area contributed by atoms with Crippen molar-refractivity contribution in [3.63, 3.8) is 0 Å². The Bertz CT molecular complexity index is 1340. The van der Waals surface area contributed by atoms with Gasteiger partial charge in [0, 0.05) is 23.4 Å². The fourth-order valence-electron chi connectivity index (χ4n) is 3.28. The molecule has 1 saturated carbocycles. The predicted molar refractivity (Wildman–Crippen MR) is 126 cm³/mol. The number of pyridine rings is 1. The van der Waals surface area contributed by atoms with Crippen molar-refractivity contribution in [3.05, 3.63) is 77.5 Å². The van der Waals surface area contributed by atoms with Gasteiger partial charge in [0.2, 0.25) is 15.9 Å². The zero-order valence-corrected chi connectivity index (χ0v) is 20.0. The molecule has 1 aliphatic rings. The Kier molecular flexibility index (Phi) is 7.21. The number of nitrogens with zero attached hydrogens (tertiary/aromatic N) is 1. The average molecular weight is 521 g/mol. The lowest BCUT2D eigenvalue weighted by Crippen LogP contribution is -2.29. The van der Waals surface area contributed by atoms with Gasteiger partial charge in [-0.1, -0.05) is 12.1 Å². The molecule has 0 saturated heterocycles. The lowest BCUT2D eigenvalue weighted by molar-refractivity contribution is -0.137. The molecule has 1 amide bonds. The van der Waals surface area contributed by atoms with Crippen LogP contribution in [-0.2, 0) is 22.8 Å². The lowest BCUT2D eigenvalue weighted by atomic mass is 10.0. The van der Waals surface area contributed by atoms with Gasteiger partial charge in [0.05, 0.1) is 18.4 Å². The second-order valence-corrected chi connectivity index (χ2v) is 10.3. The molecule has 1 N–H and O–H groups in total. The summed E-state index contributed by atoms with van der Waals surface area (Å²) in [6.45, 7) is 0.512. The number of hydrogen-bond acceptors (Lipinski definition) is 6. The van der Waals surface area contributed by atoms with Gasteiger partial charge >= 0.3 is 6.18 Å². The van der Waals surface area contributed by atoms with Crippen LogP contribution in [0.4, 0.5) is 13.2 Å². The third kappa shape index (κ3) is 7.20. The summed E-state index contributed by atoms with van der Waals surface area (Å²) in [6, 6.07) is 12.6. The quantitative estimate of drug-likeness (QED) is 0.435. The summed E-state index contributed by atoms with van der Waals surface area (Å²) in [5.41, 5.74) is 0.586. The number of rotatable bonds is 9. The average Bonchev–Trinajstić information content (AvgIpc) is 3.65. The molecular formula is C25H23F3N2O5S. The van der Waals surface area contributed by atoms with E-state index >= 15 is 0 Å². The van der Waals surface area contributed by atoms with Crippen LogP contribution in [0, 0.1) is 5.92 Å². The first-order valence-electron chi connectivity index (χ1n) is 11.0. The van der Waals surface area contributed by atoms with Crippen LogP contribution in [0.1, 0.15) is 34.3 Å². The van der Waals surface area contributed by atoms with Crippen LogP contribution in [-0.4, -0.2) is 32.2 Å². The Hall–Kier alpha value is -3.60. The van der Waals surface area contributed by atoms with Crippen LogP contribution >= 0.6 is 0 Å². The highest BCUT2D eigenvalue weighted by molar-refractivity contribution is 7.89. The fourth-order valence-corrected chi connectivity index (χ4v) is 3.74. The highest BCUT2D eigenvalue weighted by Crippen LogP contribution is 2.36. The Morgan fingerprint density at radius 2 is 1.75 bits per heavy atom. The Morgan fingerprint density at radius 1 is 1.03 bits per heavy atom. The normalized spacial score (nSPS) is 13.8. The number of carbonyl (C=O) groups excluding carboxylic acids is 1. The predicted octanol–water partition coefficient (Wildman–Crippen LogP) is 4.82. The van der Waals surface area contributed by atoms with Gasteiger partial charge in [-0.05, 0) is 66.3 Å². The van der Waals surface area contributed by atoms with Crippen LogP contribution in [0.3, 0.4) is 0 Å². The number of sulfonamides is 1. The number of nitrogens with one attached hydrogen (secondary N) is 1. The molecule has 0 unspecified atom stereocenters. The minimum absolute atomic E-state index is 0.00720. The highest BCUT2D eigenvalue weighted by Gasteiger charge is 2.31. The van der Waals surface area contributed by atoms with E-state index in [0.29, 0.717) is 29.5 Å². The number of ether oxygens (including phenoxy) is 2. The van der Waals surface area contributed by atoms with Crippen molar-refractivity contribution >= 4 is 15.9 Å². The van der Waals surface area contributed by atoms with Crippen LogP contribution in [0.15, 0.2) is 60.8 Å². The van der Waals surface area contributed by atoms with Crippen LogP contribution < -0.4 is 14.2 Å². The highest BCUT2D eigenvalue weighted by atomic mass is 32.2. The number of halogens is 3. The molecule has 0 bridgehead atoms. The minimum Gasteiger partial charge on any atom is -0.489 e. The maximum atomic E-state index is 13.5. The standard InChI is InChI=1S/C25H23F3N2O5S/c1-36(32,33)30-24(31)18-6-4-17(5-7-18)14-34-22-11-20(10-21(12-22)25(26,27)28)19-8-9-23(29-13-19)35-15-16-2-3-16/h4-13,16H,2-3,14-15H2,1H3,(H,30,31). The van der Waals surface area contributed by atoms with E-state index in [-0.39, 0.29) is 23.5 Å². The molecule has 190 valence electrons. The number of aromatic nitrogens is 1. The third-order valence-corrected chi connectivity index (χ3v) is 5.92. The molecule has 7 nitrogen and oxygen atoms in total. The summed E-state index contributed by atoms with van der Waals surface area (Å²) in [4.78, 5) is 16.1. The third-order valence-electron chi connectivity index (χ3n) is 5.37. The van der Waals surface area contributed by atoms with Gasteiger partial charge in [-0.25, -0.2) is 18.1 Å². The zero-order chi connectivity index (χ0) is 25.9. The van der Waals surface area contributed by atoms with Gasteiger partial charge in [-0.2, -0.15) is 13.2 Å². The molecule has 0 aliphatic heterocycles. The molecule has 3 aromatic rings. The maximum absolute atomic E-state index is 13.5. The van der Waals surface area contributed by atoms with Crippen molar-refractivity contribution in [2.45, 2.75) is 25.6 Å². The Labute approximate surface area is 206 Å². The molecule has 1 fully saturated rings.